The number of halogens is 2. The summed E-state index contributed by atoms with van der Waals surface area (Å²) < 4.78 is 20.1. The van der Waals surface area contributed by atoms with Crippen LogP contribution in [0.5, 0.6) is 0 Å². The number of nitrogens with zero attached hydrogens (tertiary/aromatic N) is 2. The Morgan fingerprint density at radius 2 is 2.06 bits per heavy atom. The summed E-state index contributed by atoms with van der Waals surface area (Å²) >= 11 is 5.82. The maximum atomic E-state index is 14.1. The fourth-order valence-corrected chi connectivity index (χ4v) is 6.23. The molecule has 4 aliphatic carbocycles. The van der Waals surface area contributed by atoms with E-state index in [1.807, 2.05) is 20.0 Å². The number of benzene rings is 1. The molecule has 4 fully saturated rings. The van der Waals surface area contributed by atoms with Crippen LogP contribution in [0.1, 0.15) is 51.5 Å². The highest BCUT2D eigenvalue weighted by molar-refractivity contribution is 6.30. The van der Waals surface area contributed by atoms with Crippen molar-refractivity contribution in [3.63, 3.8) is 0 Å². The molecule has 0 saturated heterocycles. The number of aliphatic imine (C=N–C) groups is 1. The first-order chi connectivity index (χ1) is 14.6. The summed E-state index contributed by atoms with van der Waals surface area (Å²) in [4.78, 5) is 16.2. The van der Waals surface area contributed by atoms with Crippen molar-refractivity contribution in [2.75, 3.05) is 0 Å². The van der Waals surface area contributed by atoms with Crippen LogP contribution in [0.25, 0.3) is 0 Å². The maximum absolute atomic E-state index is 14.1. The lowest BCUT2D eigenvalue weighted by atomic mass is 9.47. The lowest BCUT2D eigenvalue weighted by molar-refractivity contribution is -0.145. The number of amidine groups is 1. The Morgan fingerprint density at radius 3 is 2.65 bits per heavy atom. The van der Waals surface area contributed by atoms with Crippen LogP contribution in [-0.4, -0.2) is 23.4 Å². The van der Waals surface area contributed by atoms with E-state index in [9.17, 15) is 14.4 Å². The van der Waals surface area contributed by atoms with Gasteiger partial charge in [-0.3, -0.25) is 4.79 Å². The third kappa shape index (κ3) is 4.16. The first kappa shape index (κ1) is 22.0. The molecule has 0 aliphatic heterocycles. The summed E-state index contributed by atoms with van der Waals surface area (Å²) in [6.45, 7) is 3.64. The largest absolute Gasteiger partial charge is 0.369 e. The molecule has 8 heteroatoms. The number of primary amides is 1. The standard InChI is InChI=1S/C23H28ClFN4O2/c1-22(2,31-11-14-3-4-17(24)7-18(14)25)21(28-12-26)29-19-15-5-13-6-16(19)10-23(8-13,9-15)20(27)30/h3-4,7,13,15-16,19H,5-6,8-11H2,1-2H3,(H2,27,30)(H,28,29). The van der Waals surface area contributed by atoms with E-state index in [-0.39, 0.29) is 24.0 Å². The molecule has 4 aliphatic rings. The van der Waals surface area contributed by atoms with Gasteiger partial charge in [-0.2, -0.15) is 10.3 Å². The van der Waals surface area contributed by atoms with Crippen molar-refractivity contribution in [2.45, 2.75) is 64.2 Å². The molecule has 166 valence electrons. The van der Waals surface area contributed by atoms with Gasteiger partial charge >= 0.3 is 0 Å². The Morgan fingerprint density at radius 1 is 1.39 bits per heavy atom. The van der Waals surface area contributed by atoms with E-state index in [2.05, 4.69) is 10.3 Å². The zero-order chi connectivity index (χ0) is 22.4. The predicted molar refractivity (Wildman–Crippen MR) is 115 cm³/mol. The molecular formula is C23H28ClFN4O2. The van der Waals surface area contributed by atoms with Gasteiger partial charge in [0.05, 0.1) is 6.61 Å². The van der Waals surface area contributed by atoms with Gasteiger partial charge in [0.15, 0.2) is 0 Å². The monoisotopic (exact) mass is 446 g/mol. The van der Waals surface area contributed by atoms with Gasteiger partial charge in [-0.05, 0) is 75.8 Å². The molecule has 1 amide bonds. The Bertz CT molecular complexity index is 941. The molecule has 4 saturated carbocycles. The molecule has 5 rings (SSSR count). The minimum atomic E-state index is -0.933. The van der Waals surface area contributed by atoms with Crippen molar-refractivity contribution in [2.24, 2.45) is 33.9 Å². The van der Waals surface area contributed by atoms with Gasteiger partial charge in [0, 0.05) is 22.0 Å². The fraction of sp³-hybridized carbons (Fsp3) is 0.609. The Hall–Kier alpha value is -2.17. The van der Waals surface area contributed by atoms with Gasteiger partial charge < -0.3 is 15.8 Å². The molecule has 1 aromatic carbocycles. The molecule has 3 N–H and O–H groups in total. The van der Waals surface area contributed by atoms with E-state index in [0.717, 1.165) is 32.1 Å². The number of nitrogens with one attached hydrogen (secondary N) is 1. The number of ether oxygens (including phenoxy) is 1. The molecule has 0 aromatic heterocycles. The van der Waals surface area contributed by atoms with Crippen LogP contribution >= 0.6 is 11.6 Å². The molecule has 0 heterocycles. The molecule has 0 radical (unpaired) electrons. The Kier molecular flexibility index (Phi) is 5.74. The van der Waals surface area contributed by atoms with E-state index in [0.29, 0.717) is 34.2 Å². The van der Waals surface area contributed by atoms with Crippen LogP contribution < -0.4 is 11.1 Å². The Labute approximate surface area is 187 Å². The molecular weight excluding hydrogens is 419 g/mol. The van der Waals surface area contributed by atoms with Crippen LogP contribution in [0.2, 0.25) is 5.02 Å². The highest BCUT2D eigenvalue weighted by Crippen LogP contribution is 2.60. The number of carbonyl (C=O) groups is 1. The van der Waals surface area contributed by atoms with Gasteiger partial charge in [0.25, 0.3) is 0 Å². The number of nitriles is 1. The summed E-state index contributed by atoms with van der Waals surface area (Å²) in [5.74, 6) is 0.976. The lowest BCUT2D eigenvalue weighted by Crippen LogP contribution is -2.63. The average molecular weight is 447 g/mol. The van der Waals surface area contributed by atoms with Crippen LogP contribution in [0.15, 0.2) is 23.2 Å². The van der Waals surface area contributed by atoms with Gasteiger partial charge in [-0.1, -0.05) is 17.7 Å². The highest BCUT2D eigenvalue weighted by Gasteiger charge is 2.58. The van der Waals surface area contributed by atoms with Crippen molar-refractivity contribution in [3.05, 3.63) is 34.6 Å². The second-order valence-electron chi connectivity index (χ2n) is 9.88. The van der Waals surface area contributed by atoms with E-state index in [1.54, 1.807) is 12.1 Å². The summed E-state index contributed by atoms with van der Waals surface area (Å²) in [6, 6.07) is 4.57. The van der Waals surface area contributed by atoms with E-state index in [4.69, 9.17) is 22.1 Å². The zero-order valence-corrected chi connectivity index (χ0v) is 18.6. The number of hydrogen-bond acceptors (Lipinski definition) is 4. The number of hydrogen-bond donors (Lipinski definition) is 2. The van der Waals surface area contributed by atoms with Crippen molar-refractivity contribution in [3.8, 4) is 6.19 Å². The third-order valence-electron chi connectivity index (χ3n) is 7.43. The lowest BCUT2D eigenvalue weighted by Gasteiger charge is -2.59. The smallest absolute Gasteiger partial charge is 0.223 e. The molecule has 2 unspecified atom stereocenters. The molecule has 4 bridgehead atoms. The quantitative estimate of drug-likeness (QED) is 0.393. The van der Waals surface area contributed by atoms with Crippen molar-refractivity contribution in [1.29, 1.82) is 5.26 Å². The van der Waals surface area contributed by atoms with E-state index in [1.165, 1.54) is 6.07 Å². The fourth-order valence-electron chi connectivity index (χ4n) is 6.08. The normalized spacial score (nSPS) is 32.0. The first-order valence-electron chi connectivity index (χ1n) is 10.7. The van der Waals surface area contributed by atoms with Crippen molar-refractivity contribution in [1.82, 2.24) is 5.32 Å². The van der Waals surface area contributed by atoms with Crippen molar-refractivity contribution >= 4 is 23.3 Å². The SMILES string of the molecule is CC(C)(OCc1ccc(Cl)cc1F)/C(=N\C#N)NC1C2CC3CC1CC(C(N)=O)(C3)C2. The Balaban J connectivity index is 1.49. The minimum Gasteiger partial charge on any atom is -0.369 e. The minimum absolute atomic E-state index is 0.0204. The van der Waals surface area contributed by atoms with Crippen molar-refractivity contribution < 1.29 is 13.9 Å². The van der Waals surface area contributed by atoms with Gasteiger partial charge in [-0.25, -0.2) is 4.39 Å². The van der Waals surface area contributed by atoms with Crippen LogP contribution in [0.3, 0.4) is 0 Å². The number of rotatable bonds is 6. The van der Waals surface area contributed by atoms with Gasteiger partial charge in [-0.15, -0.1) is 0 Å². The molecule has 2 atom stereocenters. The van der Waals surface area contributed by atoms with Crippen LogP contribution in [0.4, 0.5) is 4.39 Å². The molecule has 1 aromatic rings. The highest BCUT2D eigenvalue weighted by atomic mass is 35.5. The number of amides is 1. The summed E-state index contributed by atoms with van der Waals surface area (Å²) in [6.07, 6.45) is 6.45. The first-order valence-corrected chi connectivity index (χ1v) is 11.1. The summed E-state index contributed by atoms with van der Waals surface area (Å²) in [5, 5.41) is 13.1. The second-order valence-corrected chi connectivity index (χ2v) is 10.3. The predicted octanol–water partition coefficient (Wildman–Crippen LogP) is 3.92. The zero-order valence-electron chi connectivity index (χ0n) is 17.8. The molecule has 6 nitrogen and oxygen atoms in total. The number of nitrogens with two attached hydrogens (primary N) is 1. The third-order valence-corrected chi connectivity index (χ3v) is 7.67. The van der Waals surface area contributed by atoms with Gasteiger partial charge in [0.1, 0.15) is 17.3 Å². The topological polar surface area (TPSA) is 100 Å². The summed E-state index contributed by atoms with van der Waals surface area (Å²) in [5.41, 5.74) is 4.86. The second kappa shape index (κ2) is 8.07. The number of carbonyl (C=O) groups excluding carboxylic acids is 1. The molecule has 0 spiro atoms. The average Bonchev–Trinajstić information content (AvgIpc) is 2.68. The van der Waals surface area contributed by atoms with Crippen LogP contribution in [-0.2, 0) is 16.1 Å². The van der Waals surface area contributed by atoms with Crippen LogP contribution in [0, 0.1) is 40.4 Å². The molecule has 31 heavy (non-hydrogen) atoms. The van der Waals surface area contributed by atoms with E-state index < -0.39 is 11.4 Å². The van der Waals surface area contributed by atoms with E-state index >= 15 is 0 Å². The van der Waals surface area contributed by atoms with Gasteiger partial charge in [0.2, 0.25) is 12.1 Å². The summed E-state index contributed by atoms with van der Waals surface area (Å²) in [7, 11) is 0. The maximum Gasteiger partial charge on any atom is 0.223 e.